The van der Waals surface area contributed by atoms with Crippen LogP contribution in [0.5, 0.6) is 0 Å². The van der Waals surface area contributed by atoms with E-state index in [0.717, 1.165) is 33.4 Å². The molecule has 1 aromatic heterocycles. The largest absolute Gasteiger partial charge is 0.226 e. The summed E-state index contributed by atoms with van der Waals surface area (Å²) in [5.41, 5.74) is 11.1. The number of rotatable bonds is 6. The van der Waals surface area contributed by atoms with Crippen LogP contribution in [0.2, 0.25) is 5.28 Å². The molecule has 0 saturated carbocycles. The third-order valence-electron chi connectivity index (χ3n) is 7.55. The molecule has 0 aliphatic heterocycles. The highest BCUT2D eigenvalue weighted by molar-refractivity contribution is 6.28. The quantitative estimate of drug-likeness (QED) is 0.199. The molecule has 43 heavy (non-hydrogen) atoms. The maximum Gasteiger partial charge on any atom is 0.226 e. The van der Waals surface area contributed by atoms with Crippen LogP contribution in [0.3, 0.4) is 0 Å². The average molecular weight is 572 g/mol. The molecule has 3 nitrogen and oxygen atoms in total. The number of hydrogen-bond acceptors (Lipinski definition) is 3. The maximum absolute atomic E-state index is 6.37. The molecule has 0 atom stereocenters. The monoisotopic (exact) mass is 571 g/mol. The number of halogens is 1. The van der Waals surface area contributed by atoms with Crippen LogP contribution >= 0.6 is 11.6 Å². The molecule has 7 rings (SSSR count). The molecule has 0 aliphatic rings. The van der Waals surface area contributed by atoms with Crippen molar-refractivity contribution < 1.29 is 0 Å². The highest BCUT2D eigenvalue weighted by Crippen LogP contribution is 2.29. The molecule has 0 unspecified atom stereocenters. The van der Waals surface area contributed by atoms with E-state index in [0.29, 0.717) is 11.6 Å². The average Bonchev–Trinajstić information content (AvgIpc) is 3.09. The van der Waals surface area contributed by atoms with Crippen molar-refractivity contribution in [2.24, 2.45) is 0 Å². The first-order chi connectivity index (χ1) is 21.2. The third-order valence-corrected chi connectivity index (χ3v) is 7.71. The lowest BCUT2D eigenvalue weighted by Gasteiger charge is -2.08. The van der Waals surface area contributed by atoms with E-state index in [1.165, 1.54) is 22.3 Å². The molecule has 7 aromatic rings. The summed E-state index contributed by atoms with van der Waals surface area (Å²) >= 11 is 6.37. The van der Waals surface area contributed by atoms with Crippen LogP contribution < -0.4 is 0 Å². The van der Waals surface area contributed by atoms with E-state index in [2.05, 4.69) is 131 Å². The summed E-state index contributed by atoms with van der Waals surface area (Å²) in [6.07, 6.45) is 0. The summed E-state index contributed by atoms with van der Waals surface area (Å²) < 4.78 is 0. The van der Waals surface area contributed by atoms with Crippen molar-refractivity contribution in [3.8, 4) is 67.3 Å². The van der Waals surface area contributed by atoms with Crippen molar-refractivity contribution in [3.05, 3.63) is 163 Å². The Kier molecular flexibility index (Phi) is 7.31. The maximum atomic E-state index is 6.37. The summed E-state index contributed by atoms with van der Waals surface area (Å²) in [7, 11) is 0. The van der Waals surface area contributed by atoms with Crippen molar-refractivity contribution in [3.63, 3.8) is 0 Å². The zero-order chi connectivity index (χ0) is 29.0. The van der Waals surface area contributed by atoms with Gasteiger partial charge in [-0.05, 0) is 56.1 Å². The van der Waals surface area contributed by atoms with Crippen LogP contribution in [0.4, 0.5) is 0 Å². The minimum atomic E-state index is 0.168. The Balaban J connectivity index is 1.09. The fourth-order valence-corrected chi connectivity index (χ4v) is 5.36. The van der Waals surface area contributed by atoms with Gasteiger partial charge in [-0.15, -0.1) is 0 Å². The van der Waals surface area contributed by atoms with Gasteiger partial charge in [0.2, 0.25) is 5.28 Å². The van der Waals surface area contributed by atoms with E-state index >= 15 is 0 Å². The van der Waals surface area contributed by atoms with Gasteiger partial charge in [0.25, 0.3) is 0 Å². The molecular weight excluding hydrogens is 546 g/mol. The Morgan fingerprint density at radius 1 is 0.256 bits per heavy atom. The Morgan fingerprint density at radius 3 is 0.767 bits per heavy atom. The topological polar surface area (TPSA) is 38.7 Å². The van der Waals surface area contributed by atoms with E-state index in [1.807, 2.05) is 36.4 Å². The fraction of sp³-hybridized carbons (Fsp3) is 0. The zero-order valence-electron chi connectivity index (χ0n) is 23.2. The molecule has 0 fully saturated rings. The van der Waals surface area contributed by atoms with Gasteiger partial charge in [-0.25, -0.2) is 4.98 Å². The van der Waals surface area contributed by atoms with Crippen molar-refractivity contribution >= 4 is 11.6 Å². The van der Waals surface area contributed by atoms with E-state index in [1.54, 1.807) is 0 Å². The lowest BCUT2D eigenvalue weighted by atomic mass is 9.99. The molecular formula is C39H26ClN3. The van der Waals surface area contributed by atoms with Crippen molar-refractivity contribution in [2.75, 3.05) is 0 Å². The van der Waals surface area contributed by atoms with Crippen LogP contribution in [-0.2, 0) is 0 Å². The van der Waals surface area contributed by atoms with Crippen LogP contribution in [0.1, 0.15) is 0 Å². The standard InChI is InChI=1S/C39H26ClN3/c40-39-42-37(35-23-19-33(20-24-35)31-15-11-29(12-16-31)27-7-3-1-4-8-27)41-38(43-39)36-25-21-34(22-26-36)32-17-13-30(14-18-32)28-9-5-2-6-10-28/h1-26H. The Bertz CT molecular complexity index is 1820. The molecule has 0 radical (unpaired) electrons. The SMILES string of the molecule is Clc1nc(-c2ccc(-c3ccc(-c4ccccc4)cc3)cc2)nc(-c2ccc(-c3ccc(-c4ccccc4)cc3)cc2)n1. The van der Waals surface area contributed by atoms with Crippen LogP contribution in [0.25, 0.3) is 67.3 Å². The predicted molar refractivity (Wildman–Crippen MR) is 177 cm³/mol. The molecule has 4 heteroatoms. The summed E-state index contributed by atoms with van der Waals surface area (Å²) in [6.45, 7) is 0. The minimum Gasteiger partial charge on any atom is -0.208 e. The fourth-order valence-electron chi connectivity index (χ4n) is 5.20. The summed E-state index contributed by atoms with van der Waals surface area (Å²) in [5.74, 6) is 1.09. The second-order valence-corrected chi connectivity index (χ2v) is 10.6. The smallest absolute Gasteiger partial charge is 0.208 e. The second-order valence-electron chi connectivity index (χ2n) is 10.3. The number of hydrogen-bond donors (Lipinski definition) is 0. The molecule has 0 aliphatic carbocycles. The zero-order valence-corrected chi connectivity index (χ0v) is 24.0. The van der Waals surface area contributed by atoms with Crippen molar-refractivity contribution in [1.29, 1.82) is 0 Å². The lowest BCUT2D eigenvalue weighted by molar-refractivity contribution is 1.07. The summed E-state index contributed by atoms with van der Waals surface area (Å²) in [5, 5.41) is 0.168. The normalized spacial score (nSPS) is 10.9. The number of aromatic nitrogens is 3. The van der Waals surface area contributed by atoms with E-state index in [-0.39, 0.29) is 5.28 Å². The van der Waals surface area contributed by atoms with Gasteiger partial charge in [0.15, 0.2) is 11.6 Å². The molecule has 6 aromatic carbocycles. The third kappa shape index (κ3) is 5.85. The highest BCUT2D eigenvalue weighted by atomic mass is 35.5. The molecule has 204 valence electrons. The number of nitrogens with zero attached hydrogens (tertiary/aromatic N) is 3. The van der Waals surface area contributed by atoms with Gasteiger partial charge in [-0.1, -0.05) is 158 Å². The Morgan fingerprint density at radius 2 is 0.488 bits per heavy atom. The van der Waals surface area contributed by atoms with E-state index in [4.69, 9.17) is 16.6 Å². The first-order valence-electron chi connectivity index (χ1n) is 14.1. The lowest BCUT2D eigenvalue weighted by Crippen LogP contribution is -1.97. The van der Waals surface area contributed by atoms with Crippen molar-refractivity contribution in [1.82, 2.24) is 15.0 Å². The first kappa shape index (κ1) is 26.5. The number of benzene rings is 6. The molecule has 0 spiro atoms. The molecule has 0 amide bonds. The van der Waals surface area contributed by atoms with Gasteiger partial charge in [0, 0.05) is 11.1 Å². The summed E-state index contributed by atoms with van der Waals surface area (Å²) in [6, 6.07) is 54.4. The van der Waals surface area contributed by atoms with Gasteiger partial charge in [-0.3, -0.25) is 0 Å². The van der Waals surface area contributed by atoms with Crippen LogP contribution in [0, 0.1) is 0 Å². The molecule has 0 saturated heterocycles. The molecule has 1 heterocycles. The second kappa shape index (κ2) is 11.8. The Labute approximate surface area is 256 Å². The van der Waals surface area contributed by atoms with Crippen LogP contribution in [-0.4, -0.2) is 15.0 Å². The summed E-state index contributed by atoms with van der Waals surface area (Å²) in [4.78, 5) is 13.6. The first-order valence-corrected chi connectivity index (χ1v) is 14.5. The van der Waals surface area contributed by atoms with Gasteiger partial charge in [0.05, 0.1) is 0 Å². The predicted octanol–water partition coefficient (Wildman–Crippen LogP) is 10.5. The van der Waals surface area contributed by atoms with Gasteiger partial charge in [-0.2, -0.15) is 9.97 Å². The van der Waals surface area contributed by atoms with Crippen molar-refractivity contribution in [2.45, 2.75) is 0 Å². The molecule has 0 N–H and O–H groups in total. The Hall–Kier alpha value is -5.38. The van der Waals surface area contributed by atoms with Crippen LogP contribution in [0.15, 0.2) is 158 Å². The van der Waals surface area contributed by atoms with E-state index in [9.17, 15) is 0 Å². The van der Waals surface area contributed by atoms with E-state index < -0.39 is 0 Å². The highest BCUT2D eigenvalue weighted by Gasteiger charge is 2.11. The van der Waals surface area contributed by atoms with Gasteiger partial charge >= 0.3 is 0 Å². The van der Waals surface area contributed by atoms with Gasteiger partial charge in [0.1, 0.15) is 0 Å². The molecule has 0 bridgehead atoms. The van der Waals surface area contributed by atoms with Gasteiger partial charge < -0.3 is 0 Å². The minimum absolute atomic E-state index is 0.168.